The summed E-state index contributed by atoms with van der Waals surface area (Å²) in [4.78, 5) is 0. The molecule has 4 nitrogen and oxygen atoms in total. The van der Waals surface area contributed by atoms with Crippen LogP contribution in [-0.4, -0.2) is 31.9 Å². The molecular formula is C14H20BrNO3. The number of phenolic OH excluding ortho intramolecular Hbond substituents is 1. The average Bonchev–Trinajstić information content (AvgIpc) is 2.45. The van der Waals surface area contributed by atoms with Gasteiger partial charge in [-0.25, -0.2) is 0 Å². The van der Waals surface area contributed by atoms with Crippen LogP contribution in [0.2, 0.25) is 0 Å². The number of piperidine rings is 1. The predicted molar refractivity (Wildman–Crippen MR) is 78.3 cm³/mol. The largest absolute Gasteiger partial charge is 0.506 e. The fourth-order valence-electron chi connectivity index (χ4n) is 2.51. The van der Waals surface area contributed by atoms with Crippen molar-refractivity contribution >= 4 is 15.9 Å². The van der Waals surface area contributed by atoms with Crippen molar-refractivity contribution in [2.75, 3.05) is 20.8 Å². The van der Waals surface area contributed by atoms with E-state index >= 15 is 0 Å². The van der Waals surface area contributed by atoms with Crippen LogP contribution in [0.15, 0.2) is 10.5 Å². The molecule has 106 valence electrons. The fourth-order valence-corrected chi connectivity index (χ4v) is 3.12. The van der Waals surface area contributed by atoms with Crippen molar-refractivity contribution in [3.8, 4) is 17.2 Å². The minimum absolute atomic E-state index is 0.241. The van der Waals surface area contributed by atoms with Gasteiger partial charge in [0.25, 0.3) is 0 Å². The van der Waals surface area contributed by atoms with E-state index in [4.69, 9.17) is 9.47 Å². The summed E-state index contributed by atoms with van der Waals surface area (Å²) in [5, 5.41) is 13.7. The van der Waals surface area contributed by atoms with E-state index in [1.54, 1.807) is 14.2 Å². The van der Waals surface area contributed by atoms with Gasteiger partial charge in [-0.1, -0.05) is 6.42 Å². The third-order valence-corrected chi connectivity index (χ3v) is 4.28. The van der Waals surface area contributed by atoms with Gasteiger partial charge in [-0.3, -0.25) is 0 Å². The minimum atomic E-state index is 0.241. The molecule has 1 atom stereocenters. The summed E-state index contributed by atoms with van der Waals surface area (Å²) in [5.41, 5.74) is 0.879. The number of aromatic hydroxyl groups is 1. The van der Waals surface area contributed by atoms with Gasteiger partial charge in [0.2, 0.25) is 0 Å². The second-order valence-electron chi connectivity index (χ2n) is 4.78. The van der Waals surface area contributed by atoms with Gasteiger partial charge in [0.15, 0.2) is 11.5 Å². The van der Waals surface area contributed by atoms with Crippen LogP contribution in [0, 0.1) is 0 Å². The Labute approximate surface area is 122 Å². The number of rotatable bonds is 4. The molecule has 0 aliphatic carbocycles. The van der Waals surface area contributed by atoms with Crippen molar-refractivity contribution in [2.45, 2.75) is 31.7 Å². The van der Waals surface area contributed by atoms with E-state index in [1.165, 1.54) is 12.8 Å². The lowest BCUT2D eigenvalue weighted by Gasteiger charge is -2.24. The van der Waals surface area contributed by atoms with E-state index in [-0.39, 0.29) is 5.75 Å². The zero-order valence-electron chi connectivity index (χ0n) is 11.3. The van der Waals surface area contributed by atoms with E-state index in [0.717, 1.165) is 24.9 Å². The molecule has 19 heavy (non-hydrogen) atoms. The van der Waals surface area contributed by atoms with Crippen molar-refractivity contribution in [3.05, 3.63) is 16.1 Å². The second-order valence-corrected chi connectivity index (χ2v) is 5.58. The van der Waals surface area contributed by atoms with Gasteiger partial charge in [-0.05, 0) is 47.8 Å². The molecule has 0 radical (unpaired) electrons. The summed E-state index contributed by atoms with van der Waals surface area (Å²) < 4.78 is 11.1. The van der Waals surface area contributed by atoms with Gasteiger partial charge in [-0.2, -0.15) is 0 Å². The summed E-state index contributed by atoms with van der Waals surface area (Å²) in [5.74, 6) is 1.41. The highest BCUT2D eigenvalue weighted by Crippen LogP contribution is 2.44. The molecule has 0 spiro atoms. The monoisotopic (exact) mass is 329 g/mol. The van der Waals surface area contributed by atoms with Gasteiger partial charge < -0.3 is 19.9 Å². The van der Waals surface area contributed by atoms with Gasteiger partial charge in [-0.15, -0.1) is 0 Å². The quantitative estimate of drug-likeness (QED) is 0.891. The Kier molecular flexibility index (Phi) is 4.93. The van der Waals surface area contributed by atoms with Crippen LogP contribution in [-0.2, 0) is 6.42 Å². The fraction of sp³-hybridized carbons (Fsp3) is 0.571. The summed E-state index contributed by atoms with van der Waals surface area (Å²) in [6.45, 7) is 1.06. The van der Waals surface area contributed by atoms with Crippen molar-refractivity contribution in [1.82, 2.24) is 5.32 Å². The molecule has 1 aliphatic rings. The van der Waals surface area contributed by atoms with E-state index in [9.17, 15) is 5.11 Å². The zero-order chi connectivity index (χ0) is 13.8. The lowest BCUT2D eigenvalue weighted by atomic mass is 9.97. The van der Waals surface area contributed by atoms with Gasteiger partial charge >= 0.3 is 0 Å². The SMILES string of the molecule is COc1cc(CC2CCCCN2)c(O)c(Br)c1OC. The van der Waals surface area contributed by atoms with Gasteiger partial charge in [0.1, 0.15) is 10.2 Å². The molecule has 5 heteroatoms. The van der Waals surface area contributed by atoms with Crippen LogP contribution in [0.1, 0.15) is 24.8 Å². The maximum absolute atomic E-state index is 10.2. The van der Waals surface area contributed by atoms with Crippen molar-refractivity contribution in [2.24, 2.45) is 0 Å². The Morgan fingerprint density at radius 2 is 2.16 bits per heavy atom. The molecular weight excluding hydrogens is 310 g/mol. The first-order valence-corrected chi connectivity index (χ1v) is 7.32. The third kappa shape index (κ3) is 3.15. The topological polar surface area (TPSA) is 50.7 Å². The Hall–Kier alpha value is -0.940. The van der Waals surface area contributed by atoms with Crippen LogP contribution >= 0.6 is 15.9 Å². The molecule has 1 saturated heterocycles. The van der Waals surface area contributed by atoms with Crippen molar-refractivity contribution < 1.29 is 14.6 Å². The molecule has 1 fully saturated rings. The molecule has 2 N–H and O–H groups in total. The molecule has 0 bridgehead atoms. The number of hydrogen-bond donors (Lipinski definition) is 2. The Morgan fingerprint density at radius 3 is 2.74 bits per heavy atom. The molecule has 0 amide bonds. The van der Waals surface area contributed by atoms with Gasteiger partial charge in [0.05, 0.1) is 14.2 Å². The van der Waals surface area contributed by atoms with Crippen LogP contribution in [0.4, 0.5) is 0 Å². The minimum Gasteiger partial charge on any atom is -0.506 e. The van der Waals surface area contributed by atoms with Crippen LogP contribution < -0.4 is 14.8 Å². The van der Waals surface area contributed by atoms with E-state index in [2.05, 4.69) is 21.2 Å². The number of halogens is 1. The molecule has 1 heterocycles. The molecule has 0 saturated carbocycles. The number of benzene rings is 1. The maximum Gasteiger partial charge on any atom is 0.178 e. The lowest BCUT2D eigenvalue weighted by Crippen LogP contribution is -2.35. The number of ether oxygens (including phenoxy) is 2. The molecule has 1 aromatic rings. The third-order valence-electron chi connectivity index (χ3n) is 3.54. The van der Waals surface area contributed by atoms with E-state index < -0.39 is 0 Å². The molecule has 2 rings (SSSR count). The zero-order valence-corrected chi connectivity index (χ0v) is 12.9. The first kappa shape index (κ1) is 14.5. The molecule has 0 aromatic heterocycles. The number of hydrogen-bond acceptors (Lipinski definition) is 4. The van der Waals surface area contributed by atoms with Crippen LogP contribution in [0.25, 0.3) is 0 Å². The lowest BCUT2D eigenvalue weighted by molar-refractivity contribution is 0.345. The molecule has 1 aromatic carbocycles. The van der Waals surface area contributed by atoms with E-state index in [1.807, 2.05) is 6.07 Å². The summed E-state index contributed by atoms with van der Waals surface area (Å²) in [6.07, 6.45) is 4.42. The first-order valence-electron chi connectivity index (χ1n) is 6.53. The Balaban J connectivity index is 2.26. The summed E-state index contributed by atoms with van der Waals surface area (Å²) >= 11 is 3.37. The first-order chi connectivity index (χ1) is 9.17. The number of methoxy groups -OCH3 is 2. The molecule has 1 aliphatic heterocycles. The number of nitrogens with one attached hydrogen (secondary N) is 1. The maximum atomic E-state index is 10.2. The van der Waals surface area contributed by atoms with Crippen LogP contribution in [0.3, 0.4) is 0 Å². The highest BCUT2D eigenvalue weighted by atomic mass is 79.9. The summed E-state index contributed by atoms with van der Waals surface area (Å²) in [6, 6.07) is 2.28. The average molecular weight is 330 g/mol. The Bertz CT molecular complexity index is 445. The highest BCUT2D eigenvalue weighted by molar-refractivity contribution is 9.10. The normalized spacial score (nSPS) is 19.2. The number of phenols is 1. The van der Waals surface area contributed by atoms with Crippen molar-refractivity contribution in [3.63, 3.8) is 0 Å². The standard InChI is InChI=1S/C14H20BrNO3/c1-18-11-8-9(7-10-5-3-4-6-16-10)13(17)12(15)14(11)19-2/h8,10,16-17H,3-7H2,1-2H3. The molecule has 1 unspecified atom stereocenters. The predicted octanol–water partition coefficient (Wildman–Crippen LogP) is 2.86. The van der Waals surface area contributed by atoms with Gasteiger partial charge in [0, 0.05) is 11.6 Å². The second kappa shape index (κ2) is 6.48. The summed E-state index contributed by atoms with van der Waals surface area (Å²) in [7, 11) is 3.16. The van der Waals surface area contributed by atoms with Crippen LogP contribution in [0.5, 0.6) is 17.2 Å². The highest BCUT2D eigenvalue weighted by Gasteiger charge is 2.20. The smallest absolute Gasteiger partial charge is 0.178 e. The Morgan fingerprint density at radius 1 is 1.37 bits per heavy atom. The van der Waals surface area contributed by atoms with E-state index in [0.29, 0.717) is 22.0 Å². The van der Waals surface area contributed by atoms with Crippen molar-refractivity contribution in [1.29, 1.82) is 0 Å².